The van der Waals surface area contributed by atoms with Crippen molar-refractivity contribution in [2.75, 3.05) is 20.2 Å². The molecule has 0 aliphatic heterocycles. The fraction of sp³-hybridized carbons (Fsp3) is 0.900. The average molecular weight is 202 g/mol. The minimum Gasteiger partial charge on any atom is -0.463 e. The SMILES string of the molecule is CNCCOC(=O)C(N)CC(C)(C)C. The number of rotatable bonds is 5. The molecule has 0 aromatic heterocycles. The topological polar surface area (TPSA) is 64.3 Å². The van der Waals surface area contributed by atoms with Crippen LogP contribution in [0.5, 0.6) is 0 Å². The number of hydrogen-bond donors (Lipinski definition) is 2. The van der Waals surface area contributed by atoms with Gasteiger partial charge in [0.25, 0.3) is 0 Å². The van der Waals surface area contributed by atoms with Crippen molar-refractivity contribution >= 4 is 5.97 Å². The zero-order valence-electron chi connectivity index (χ0n) is 9.59. The molecule has 4 nitrogen and oxygen atoms in total. The molecule has 0 rings (SSSR count). The summed E-state index contributed by atoms with van der Waals surface area (Å²) in [5, 5.41) is 2.89. The van der Waals surface area contributed by atoms with Gasteiger partial charge in [0.2, 0.25) is 0 Å². The summed E-state index contributed by atoms with van der Waals surface area (Å²) in [6, 6.07) is -0.508. The molecule has 0 aliphatic carbocycles. The number of ether oxygens (including phenoxy) is 1. The van der Waals surface area contributed by atoms with E-state index < -0.39 is 6.04 Å². The van der Waals surface area contributed by atoms with Crippen molar-refractivity contribution in [3.05, 3.63) is 0 Å². The van der Waals surface area contributed by atoms with Gasteiger partial charge in [-0.15, -0.1) is 0 Å². The molecule has 0 saturated carbocycles. The van der Waals surface area contributed by atoms with Gasteiger partial charge in [0.15, 0.2) is 0 Å². The Bertz CT molecular complexity index is 175. The van der Waals surface area contributed by atoms with Crippen molar-refractivity contribution in [3.63, 3.8) is 0 Å². The maximum absolute atomic E-state index is 11.3. The number of likely N-dealkylation sites (N-methyl/N-ethyl adjacent to an activating group) is 1. The molecule has 1 atom stereocenters. The van der Waals surface area contributed by atoms with Crippen LogP contribution in [-0.4, -0.2) is 32.2 Å². The fourth-order valence-corrected chi connectivity index (χ4v) is 1.10. The van der Waals surface area contributed by atoms with Crippen LogP contribution < -0.4 is 11.1 Å². The molecule has 0 radical (unpaired) electrons. The van der Waals surface area contributed by atoms with E-state index in [1.54, 1.807) is 0 Å². The van der Waals surface area contributed by atoms with Gasteiger partial charge in [-0.1, -0.05) is 20.8 Å². The summed E-state index contributed by atoms with van der Waals surface area (Å²) in [6.45, 7) is 7.19. The number of carbonyl (C=O) groups excluding carboxylic acids is 1. The molecular weight excluding hydrogens is 180 g/mol. The molecule has 0 spiro atoms. The van der Waals surface area contributed by atoms with E-state index in [2.05, 4.69) is 5.32 Å². The summed E-state index contributed by atoms with van der Waals surface area (Å²) in [5.74, 6) is -0.310. The Balaban J connectivity index is 3.77. The van der Waals surface area contributed by atoms with Gasteiger partial charge in [-0.25, -0.2) is 0 Å². The zero-order valence-corrected chi connectivity index (χ0v) is 9.59. The normalized spacial score (nSPS) is 13.8. The Morgan fingerprint density at radius 2 is 2.07 bits per heavy atom. The van der Waals surface area contributed by atoms with E-state index in [-0.39, 0.29) is 11.4 Å². The van der Waals surface area contributed by atoms with E-state index in [4.69, 9.17) is 10.5 Å². The largest absolute Gasteiger partial charge is 0.463 e. The summed E-state index contributed by atoms with van der Waals surface area (Å²) >= 11 is 0. The number of nitrogens with two attached hydrogens (primary N) is 1. The van der Waals surface area contributed by atoms with Crippen LogP contribution in [0.1, 0.15) is 27.2 Å². The summed E-state index contributed by atoms with van der Waals surface area (Å²) in [4.78, 5) is 11.3. The second kappa shape index (κ2) is 5.98. The molecule has 1 unspecified atom stereocenters. The van der Waals surface area contributed by atoms with Crippen molar-refractivity contribution < 1.29 is 9.53 Å². The highest BCUT2D eigenvalue weighted by Gasteiger charge is 2.22. The number of esters is 1. The van der Waals surface area contributed by atoms with Crippen LogP contribution in [0.3, 0.4) is 0 Å². The van der Waals surface area contributed by atoms with Crippen LogP contribution in [0.15, 0.2) is 0 Å². The third-order valence-electron chi connectivity index (χ3n) is 1.73. The van der Waals surface area contributed by atoms with Gasteiger partial charge >= 0.3 is 5.97 Å². The van der Waals surface area contributed by atoms with E-state index >= 15 is 0 Å². The Kier molecular flexibility index (Phi) is 5.72. The predicted octanol–water partition coefficient (Wildman–Crippen LogP) is 0.513. The molecule has 3 N–H and O–H groups in total. The van der Waals surface area contributed by atoms with Crippen molar-refractivity contribution in [3.8, 4) is 0 Å². The van der Waals surface area contributed by atoms with Crippen LogP contribution in [0.25, 0.3) is 0 Å². The molecule has 0 saturated heterocycles. The first kappa shape index (κ1) is 13.4. The molecule has 0 heterocycles. The monoisotopic (exact) mass is 202 g/mol. The lowest BCUT2D eigenvalue weighted by atomic mass is 9.88. The van der Waals surface area contributed by atoms with E-state index in [1.165, 1.54) is 0 Å². The molecule has 0 amide bonds. The van der Waals surface area contributed by atoms with Crippen LogP contribution >= 0.6 is 0 Å². The average Bonchev–Trinajstić information content (AvgIpc) is 2.01. The second-order valence-electron chi connectivity index (χ2n) is 4.64. The van der Waals surface area contributed by atoms with Crippen LogP contribution in [0.4, 0.5) is 0 Å². The van der Waals surface area contributed by atoms with E-state index in [0.717, 1.165) is 0 Å². The summed E-state index contributed by atoms with van der Waals surface area (Å²) in [6.07, 6.45) is 0.644. The first-order valence-corrected chi connectivity index (χ1v) is 4.93. The quantitative estimate of drug-likeness (QED) is 0.504. The first-order valence-electron chi connectivity index (χ1n) is 4.93. The highest BCUT2D eigenvalue weighted by molar-refractivity contribution is 5.75. The van der Waals surface area contributed by atoms with E-state index in [1.807, 2.05) is 27.8 Å². The maximum atomic E-state index is 11.3. The molecule has 0 bridgehead atoms. The smallest absolute Gasteiger partial charge is 0.322 e. The Hall–Kier alpha value is -0.610. The molecule has 0 aromatic carbocycles. The second-order valence-corrected chi connectivity index (χ2v) is 4.64. The van der Waals surface area contributed by atoms with Gasteiger partial charge in [0.05, 0.1) is 0 Å². The van der Waals surface area contributed by atoms with Crippen molar-refractivity contribution in [2.24, 2.45) is 11.1 Å². The molecule has 84 valence electrons. The minimum atomic E-state index is -0.508. The maximum Gasteiger partial charge on any atom is 0.322 e. The third kappa shape index (κ3) is 6.86. The minimum absolute atomic E-state index is 0.0570. The van der Waals surface area contributed by atoms with Gasteiger partial charge in [-0.2, -0.15) is 0 Å². The Morgan fingerprint density at radius 3 is 2.50 bits per heavy atom. The van der Waals surface area contributed by atoms with E-state index in [0.29, 0.717) is 19.6 Å². The molecule has 0 aliphatic rings. The Morgan fingerprint density at radius 1 is 1.50 bits per heavy atom. The predicted molar refractivity (Wildman–Crippen MR) is 56.9 cm³/mol. The summed E-state index contributed by atoms with van der Waals surface area (Å²) in [7, 11) is 1.81. The van der Waals surface area contributed by atoms with Crippen molar-refractivity contribution in [1.29, 1.82) is 0 Å². The van der Waals surface area contributed by atoms with Gasteiger partial charge in [0.1, 0.15) is 12.6 Å². The summed E-state index contributed by atoms with van der Waals surface area (Å²) < 4.78 is 4.96. The van der Waals surface area contributed by atoms with Gasteiger partial charge in [0, 0.05) is 6.54 Å². The highest BCUT2D eigenvalue weighted by Crippen LogP contribution is 2.20. The van der Waals surface area contributed by atoms with Gasteiger partial charge in [-0.05, 0) is 18.9 Å². The molecular formula is C10H22N2O2. The highest BCUT2D eigenvalue weighted by atomic mass is 16.5. The molecule has 0 fully saturated rings. The van der Waals surface area contributed by atoms with Crippen molar-refractivity contribution in [1.82, 2.24) is 5.32 Å². The van der Waals surface area contributed by atoms with Gasteiger partial charge < -0.3 is 15.8 Å². The molecule has 4 heteroatoms. The lowest BCUT2D eigenvalue weighted by Crippen LogP contribution is -2.36. The van der Waals surface area contributed by atoms with Crippen LogP contribution in [-0.2, 0) is 9.53 Å². The molecule has 14 heavy (non-hydrogen) atoms. The Labute approximate surface area is 86.2 Å². The summed E-state index contributed by atoms with van der Waals surface area (Å²) in [5.41, 5.74) is 5.75. The number of nitrogens with one attached hydrogen (secondary N) is 1. The van der Waals surface area contributed by atoms with Crippen LogP contribution in [0, 0.1) is 5.41 Å². The lowest BCUT2D eigenvalue weighted by Gasteiger charge is -2.21. The van der Waals surface area contributed by atoms with Crippen LogP contribution in [0.2, 0.25) is 0 Å². The first-order chi connectivity index (χ1) is 6.37. The zero-order chi connectivity index (χ0) is 11.2. The fourth-order valence-electron chi connectivity index (χ4n) is 1.10. The third-order valence-corrected chi connectivity index (χ3v) is 1.73. The van der Waals surface area contributed by atoms with Gasteiger partial charge in [-0.3, -0.25) is 4.79 Å². The number of carbonyl (C=O) groups is 1. The lowest BCUT2D eigenvalue weighted by molar-refractivity contribution is -0.145. The molecule has 0 aromatic rings. The number of hydrogen-bond acceptors (Lipinski definition) is 4. The standard InChI is InChI=1S/C10H22N2O2/c1-10(2,3)7-8(11)9(13)14-6-5-12-4/h8,12H,5-7,11H2,1-4H3. The van der Waals surface area contributed by atoms with E-state index in [9.17, 15) is 4.79 Å². The van der Waals surface area contributed by atoms with Crippen molar-refractivity contribution in [2.45, 2.75) is 33.2 Å².